The summed E-state index contributed by atoms with van der Waals surface area (Å²) >= 11 is 0. The molecule has 0 bridgehead atoms. The van der Waals surface area contributed by atoms with Crippen LogP contribution in [0.5, 0.6) is 0 Å². The van der Waals surface area contributed by atoms with Gasteiger partial charge in [0.15, 0.2) is 0 Å². The van der Waals surface area contributed by atoms with E-state index in [0.717, 1.165) is 5.56 Å². The van der Waals surface area contributed by atoms with Crippen LogP contribution in [0, 0.1) is 5.92 Å². The number of aliphatic hydroxyl groups excluding tert-OH is 1. The molecule has 5 heteroatoms. The predicted molar refractivity (Wildman–Crippen MR) is 63.4 cm³/mol. The molecule has 1 heterocycles. The van der Waals surface area contributed by atoms with Crippen molar-refractivity contribution in [3.05, 3.63) is 35.9 Å². The topological polar surface area (TPSA) is 66.4 Å². The molecule has 2 N–H and O–H groups in total. The van der Waals surface area contributed by atoms with Gasteiger partial charge in [0.25, 0.3) is 0 Å². The molecule has 1 aliphatic heterocycles. The monoisotopic (exact) mass is 257 g/mol. The number of carbonyl (C=O) groups is 2. The molecular formula is C13H16NNaO3. The van der Waals surface area contributed by atoms with Crippen LogP contribution in [-0.2, 0) is 16.0 Å². The Morgan fingerprint density at radius 3 is 2.50 bits per heavy atom. The molecule has 4 nitrogen and oxygen atoms in total. The molecule has 1 amide bonds. The molecule has 0 aromatic heterocycles. The van der Waals surface area contributed by atoms with Gasteiger partial charge in [0, 0.05) is 0 Å². The van der Waals surface area contributed by atoms with Crippen LogP contribution in [-0.4, -0.2) is 28.9 Å². The number of Topliss-reactive ketones (excluding diaryl/α,β-unsaturated/α-hetero) is 1. The number of amides is 1. The van der Waals surface area contributed by atoms with Crippen LogP contribution in [0.25, 0.3) is 0 Å². The molecule has 1 aromatic rings. The third kappa shape index (κ3) is 3.20. The number of ketones is 1. The Morgan fingerprint density at radius 2 is 2.00 bits per heavy atom. The van der Waals surface area contributed by atoms with E-state index < -0.39 is 12.0 Å². The van der Waals surface area contributed by atoms with Crippen LogP contribution >= 0.6 is 0 Å². The summed E-state index contributed by atoms with van der Waals surface area (Å²) in [5.74, 6) is -1.57. The van der Waals surface area contributed by atoms with E-state index in [1.54, 1.807) is 0 Å². The van der Waals surface area contributed by atoms with Crippen molar-refractivity contribution < 1.29 is 45.7 Å². The zero-order chi connectivity index (χ0) is 12.4. The van der Waals surface area contributed by atoms with Crippen molar-refractivity contribution in [2.75, 3.05) is 0 Å². The van der Waals surface area contributed by atoms with E-state index in [-0.39, 0.29) is 48.7 Å². The Balaban J connectivity index is 0.00000162. The second-order valence-electron chi connectivity index (χ2n) is 4.38. The summed E-state index contributed by atoms with van der Waals surface area (Å²) in [7, 11) is 0. The molecule has 0 aliphatic carbocycles. The van der Waals surface area contributed by atoms with Crippen LogP contribution in [0.2, 0.25) is 0 Å². The number of rotatable bonds is 3. The minimum absolute atomic E-state index is 0. The number of hydrogen-bond acceptors (Lipinski definition) is 3. The molecule has 1 fully saturated rings. The normalized spacial score (nSPS) is 26.3. The zero-order valence-electron chi connectivity index (χ0n) is 11.6. The van der Waals surface area contributed by atoms with Crippen LogP contribution in [0.4, 0.5) is 0 Å². The van der Waals surface area contributed by atoms with E-state index in [2.05, 4.69) is 5.32 Å². The summed E-state index contributed by atoms with van der Waals surface area (Å²) < 4.78 is 0. The van der Waals surface area contributed by atoms with Gasteiger partial charge < -0.3 is 11.8 Å². The summed E-state index contributed by atoms with van der Waals surface area (Å²) in [6.45, 7) is 1.33. The fourth-order valence-corrected chi connectivity index (χ4v) is 2.21. The predicted octanol–water partition coefficient (Wildman–Crippen LogP) is -2.59. The molecule has 0 saturated carbocycles. The third-order valence-corrected chi connectivity index (χ3v) is 3.10. The van der Waals surface area contributed by atoms with Gasteiger partial charge in [-0.2, -0.15) is 0 Å². The summed E-state index contributed by atoms with van der Waals surface area (Å²) in [5, 5.41) is 12.6. The first kappa shape index (κ1) is 15.4. The van der Waals surface area contributed by atoms with Gasteiger partial charge in [0.05, 0.1) is 12.1 Å². The van der Waals surface area contributed by atoms with E-state index in [1.165, 1.54) is 6.92 Å². The fourth-order valence-electron chi connectivity index (χ4n) is 2.21. The largest absolute Gasteiger partial charge is 1.00 e. The van der Waals surface area contributed by atoms with Crippen molar-refractivity contribution in [2.24, 2.45) is 5.92 Å². The molecule has 1 aliphatic rings. The second kappa shape index (κ2) is 6.48. The molecular weight excluding hydrogens is 241 g/mol. The van der Waals surface area contributed by atoms with Crippen molar-refractivity contribution >= 4 is 11.7 Å². The summed E-state index contributed by atoms with van der Waals surface area (Å²) in [6.07, 6.45) is -0.391. The maximum Gasteiger partial charge on any atom is 1.00 e. The molecule has 2 rings (SSSR count). The van der Waals surface area contributed by atoms with Crippen molar-refractivity contribution in [1.82, 2.24) is 5.32 Å². The van der Waals surface area contributed by atoms with E-state index in [0.29, 0.717) is 6.42 Å². The van der Waals surface area contributed by atoms with Gasteiger partial charge >= 0.3 is 29.6 Å². The Bertz CT molecular complexity index is 441. The molecule has 3 atom stereocenters. The quantitative estimate of drug-likeness (QED) is 0.461. The summed E-state index contributed by atoms with van der Waals surface area (Å²) in [4.78, 5) is 22.8. The SMILES string of the molecule is CC(=O)C1C(=O)NC(Cc2ccccc2)C1O.[H-].[Na+]. The molecule has 92 valence electrons. The number of hydrogen-bond donors (Lipinski definition) is 2. The van der Waals surface area contributed by atoms with Gasteiger partial charge in [0.2, 0.25) is 5.91 Å². The van der Waals surface area contributed by atoms with Crippen LogP contribution in [0.1, 0.15) is 13.9 Å². The van der Waals surface area contributed by atoms with Crippen LogP contribution in [0.15, 0.2) is 30.3 Å². The number of aliphatic hydroxyl groups is 1. The maximum atomic E-state index is 11.5. The molecule has 0 radical (unpaired) electrons. The number of carbonyl (C=O) groups excluding carboxylic acids is 2. The minimum atomic E-state index is -0.930. The first-order valence-corrected chi connectivity index (χ1v) is 5.62. The maximum absolute atomic E-state index is 11.5. The van der Waals surface area contributed by atoms with Crippen LogP contribution < -0.4 is 34.9 Å². The van der Waals surface area contributed by atoms with Gasteiger partial charge in [-0.25, -0.2) is 0 Å². The molecule has 1 aromatic carbocycles. The molecule has 0 spiro atoms. The van der Waals surface area contributed by atoms with Gasteiger partial charge in [0.1, 0.15) is 11.7 Å². The standard InChI is InChI=1S/C13H15NO3.Na.H/c1-8(15)11-12(16)10(14-13(11)17)7-9-5-3-2-4-6-9;;/h2-6,10-12,16H,7H2,1H3,(H,14,17);;/q;+1;-1. The molecule has 1 saturated heterocycles. The van der Waals surface area contributed by atoms with E-state index in [1.807, 2.05) is 30.3 Å². The first-order chi connectivity index (χ1) is 8.09. The number of benzene rings is 1. The Kier molecular flexibility index (Phi) is 5.53. The van der Waals surface area contributed by atoms with Crippen molar-refractivity contribution in [3.63, 3.8) is 0 Å². The van der Waals surface area contributed by atoms with Gasteiger partial charge in [-0.05, 0) is 18.9 Å². The third-order valence-electron chi connectivity index (χ3n) is 3.10. The minimum Gasteiger partial charge on any atom is -1.00 e. The second-order valence-corrected chi connectivity index (χ2v) is 4.38. The first-order valence-electron chi connectivity index (χ1n) is 5.62. The van der Waals surface area contributed by atoms with Gasteiger partial charge in [-0.1, -0.05) is 30.3 Å². The van der Waals surface area contributed by atoms with Crippen molar-refractivity contribution in [2.45, 2.75) is 25.5 Å². The van der Waals surface area contributed by atoms with Gasteiger partial charge in [-0.3, -0.25) is 9.59 Å². The van der Waals surface area contributed by atoms with E-state index >= 15 is 0 Å². The summed E-state index contributed by atoms with van der Waals surface area (Å²) in [5.41, 5.74) is 1.03. The molecule has 3 unspecified atom stereocenters. The van der Waals surface area contributed by atoms with Crippen molar-refractivity contribution in [3.8, 4) is 0 Å². The van der Waals surface area contributed by atoms with Crippen molar-refractivity contribution in [1.29, 1.82) is 0 Å². The Hall–Kier alpha value is -0.680. The average molecular weight is 257 g/mol. The van der Waals surface area contributed by atoms with Crippen LogP contribution in [0.3, 0.4) is 0 Å². The molecule has 18 heavy (non-hydrogen) atoms. The average Bonchev–Trinajstić information content (AvgIpc) is 2.55. The van der Waals surface area contributed by atoms with E-state index in [4.69, 9.17) is 0 Å². The Labute approximate surface area is 130 Å². The fraction of sp³-hybridized carbons (Fsp3) is 0.385. The zero-order valence-corrected chi connectivity index (χ0v) is 12.6. The number of nitrogens with one attached hydrogen (secondary N) is 1. The summed E-state index contributed by atoms with van der Waals surface area (Å²) in [6, 6.07) is 9.20. The smallest absolute Gasteiger partial charge is 1.00 e. The van der Waals surface area contributed by atoms with Gasteiger partial charge in [-0.15, -0.1) is 0 Å². The van der Waals surface area contributed by atoms with E-state index in [9.17, 15) is 14.7 Å². The Morgan fingerprint density at radius 1 is 1.39 bits per heavy atom.